The van der Waals surface area contributed by atoms with E-state index in [4.69, 9.17) is 10.9 Å². The van der Waals surface area contributed by atoms with Gasteiger partial charge in [0.15, 0.2) is 5.84 Å². The molecule has 0 bridgehead atoms. The normalized spacial score (nSPS) is 19.8. The molecule has 0 saturated carbocycles. The fraction of sp³-hybridized carbons (Fsp3) is 0.571. The SMILES string of the molecule is Cc1ccc(/C(N)=N/O)c(N2CCSC(C)(C)CC2)n1. The van der Waals surface area contributed by atoms with E-state index in [9.17, 15) is 0 Å². The number of pyridine rings is 1. The number of aryl methyl sites for hydroxylation is 1. The van der Waals surface area contributed by atoms with E-state index >= 15 is 0 Å². The molecule has 2 heterocycles. The summed E-state index contributed by atoms with van der Waals surface area (Å²) in [5.74, 6) is 1.99. The largest absolute Gasteiger partial charge is 0.409 e. The van der Waals surface area contributed by atoms with Gasteiger partial charge in [0.1, 0.15) is 5.82 Å². The summed E-state index contributed by atoms with van der Waals surface area (Å²) in [5, 5.41) is 12.0. The van der Waals surface area contributed by atoms with E-state index in [0.29, 0.717) is 5.56 Å². The number of thioether (sulfide) groups is 1. The summed E-state index contributed by atoms with van der Waals surface area (Å²) in [7, 11) is 0. The molecule has 0 spiro atoms. The lowest BCUT2D eigenvalue weighted by Crippen LogP contribution is -2.30. The lowest BCUT2D eigenvalue weighted by molar-refractivity contribution is 0.318. The van der Waals surface area contributed by atoms with Crippen molar-refractivity contribution in [1.29, 1.82) is 0 Å². The van der Waals surface area contributed by atoms with Crippen LogP contribution in [0.4, 0.5) is 5.82 Å². The molecule has 110 valence electrons. The Hall–Kier alpha value is -1.43. The zero-order chi connectivity index (χ0) is 14.8. The molecule has 1 aliphatic rings. The summed E-state index contributed by atoms with van der Waals surface area (Å²) in [6.07, 6.45) is 1.09. The van der Waals surface area contributed by atoms with Crippen molar-refractivity contribution in [1.82, 2.24) is 4.98 Å². The highest BCUT2D eigenvalue weighted by atomic mass is 32.2. The molecule has 1 saturated heterocycles. The highest BCUT2D eigenvalue weighted by Gasteiger charge is 2.25. The fourth-order valence-corrected chi connectivity index (χ4v) is 3.37. The molecule has 0 radical (unpaired) electrons. The van der Waals surface area contributed by atoms with Gasteiger partial charge >= 0.3 is 0 Å². The minimum Gasteiger partial charge on any atom is -0.409 e. The number of hydrogen-bond acceptors (Lipinski definition) is 5. The van der Waals surface area contributed by atoms with E-state index in [1.807, 2.05) is 30.8 Å². The van der Waals surface area contributed by atoms with Crippen molar-refractivity contribution in [2.24, 2.45) is 10.9 Å². The average molecular weight is 294 g/mol. The molecule has 5 nitrogen and oxygen atoms in total. The van der Waals surface area contributed by atoms with Gasteiger partial charge in [0.05, 0.1) is 5.56 Å². The summed E-state index contributed by atoms with van der Waals surface area (Å²) in [4.78, 5) is 6.84. The van der Waals surface area contributed by atoms with Gasteiger partial charge in [-0.25, -0.2) is 4.98 Å². The predicted octanol–water partition coefficient (Wildman–Crippen LogP) is 2.21. The molecule has 0 aromatic carbocycles. The van der Waals surface area contributed by atoms with Crippen molar-refractivity contribution in [2.75, 3.05) is 23.7 Å². The maximum atomic E-state index is 8.93. The molecule has 0 aliphatic carbocycles. The van der Waals surface area contributed by atoms with E-state index < -0.39 is 0 Å². The van der Waals surface area contributed by atoms with Gasteiger partial charge in [0, 0.05) is 29.3 Å². The van der Waals surface area contributed by atoms with Crippen LogP contribution in [0, 0.1) is 6.92 Å². The molecule has 0 unspecified atom stereocenters. The number of anilines is 1. The van der Waals surface area contributed by atoms with Crippen LogP contribution in [0.5, 0.6) is 0 Å². The Bertz CT molecular complexity index is 516. The van der Waals surface area contributed by atoms with Crippen LogP contribution in [-0.2, 0) is 0 Å². The number of nitrogens with zero attached hydrogens (tertiary/aromatic N) is 3. The van der Waals surface area contributed by atoms with Gasteiger partial charge in [0.25, 0.3) is 0 Å². The molecule has 1 fully saturated rings. The number of oxime groups is 1. The number of rotatable bonds is 2. The van der Waals surface area contributed by atoms with Crippen LogP contribution in [-0.4, -0.2) is 39.6 Å². The van der Waals surface area contributed by atoms with Gasteiger partial charge in [-0.2, -0.15) is 11.8 Å². The van der Waals surface area contributed by atoms with Crippen LogP contribution < -0.4 is 10.6 Å². The third-order valence-electron chi connectivity index (χ3n) is 3.54. The molecule has 3 N–H and O–H groups in total. The summed E-state index contributed by atoms with van der Waals surface area (Å²) < 4.78 is 0.287. The molecular formula is C14H22N4OS. The third-order valence-corrected chi connectivity index (χ3v) is 4.91. The maximum Gasteiger partial charge on any atom is 0.173 e. The molecule has 1 aromatic rings. The second-order valence-corrected chi connectivity index (χ2v) is 7.46. The molecule has 20 heavy (non-hydrogen) atoms. The lowest BCUT2D eigenvalue weighted by Gasteiger charge is -2.25. The van der Waals surface area contributed by atoms with E-state index in [2.05, 4.69) is 28.9 Å². The zero-order valence-corrected chi connectivity index (χ0v) is 13.1. The van der Waals surface area contributed by atoms with Crippen molar-refractivity contribution in [3.05, 3.63) is 23.4 Å². The lowest BCUT2D eigenvalue weighted by atomic mass is 10.1. The van der Waals surface area contributed by atoms with Crippen molar-refractivity contribution in [3.8, 4) is 0 Å². The molecule has 1 aliphatic heterocycles. The monoisotopic (exact) mass is 294 g/mol. The average Bonchev–Trinajstić information content (AvgIpc) is 2.58. The van der Waals surface area contributed by atoms with E-state index in [1.165, 1.54) is 0 Å². The van der Waals surface area contributed by atoms with Crippen LogP contribution in [0.2, 0.25) is 0 Å². The zero-order valence-electron chi connectivity index (χ0n) is 12.3. The first-order valence-electron chi connectivity index (χ1n) is 6.77. The Labute approximate surface area is 124 Å². The minimum absolute atomic E-state index is 0.115. The molecular weight excluding hydrogens is 272 g/mol. The molecule has 1 aromatic heterocycles. The summed E-state index contributed by atoms with van der Waals surface area (Å²) in [6, 6.07) is 3.75. The topological polar surface area (TPSA) is 74.7 Å². The molecule has 0 amide bonds. The van der Waals surface area contributed by atoms with Gasteiger partial charge in [0.2, 0.25) is 0 Å². The second kappa shape index (κ2) is 5.91. The highest BCUT2D eigenvalue weighted by Crippen LogP contribution is 2.32. The summed E-state index contributed by atoms with van der Waals surface area (Å²) >= 11 is 1.98. The van der Waals surface area contributed by atoms with Crippen molar-refractivity contribution in [2.45, 2.75) is 31.9 Å². The van der Waals surface area contributed by atoms with Crippen LogP contribution in [0.25, 0.3) is 0 Å². The first kappa shape index (κ1) is 15.0. The van der Waals surface area contributed by atoms with Crippen LogP contribution in [0.15, 0.2) is 17.3 Å². The smallest absolute Gasteiger partial charge is 0.173 e. The Morgan fingerprint density at radius 2 is 2.20 bits per heavy atom. The molecule has 2 rings (SSSR count). The van der Waals surface area contributed by atoms with Gasteiger partial charge < -0.3 is 15.8 Å². The number of amidine groups is 1. The maximum absolute atomic E-state index is 8.93. The number of aromatic nitrogens is 1. The van der Waals surface area contributed by atoms with Crippen molar-refractivity contribution >= 4 is 23.4 Å². The van der Waals surface area contributed by atoms with Gasteiger partial charge in [-0.3, -0.25) is 0 Å². The summed E-state index contributed by atoms with van der Waals surface area (Å²) in [6.45, 7) is 8.36. The number of hydrogen-bond donors (Lipinski definition) is 2. The third kappa shape index (κ3) is 3.36. The van der Waals surface area contributed by atoms with Crippen molar-refractivity contribution < 1.29 is 5.21 Å². The van der Waals surface area contributed by atoms with E-state index in [-0.39, 0.29) is 10.6 Å². The van der Waals surface area contributed by atoms with Crippen molar-refractivity contribution in [3.63, 3.8) is 0 Å². The van der Waals surface area contributed by atoms with Gasteiger partial charge in [-0.1, -0.05) is 19.0 Å². The van der Waals surface area contributed by atoms with Crippen LogP contribution in [0.3, 0.4) is 0 Å². The van der Waals surface area contributed by atoms with E-state index in [0.717, 1.165) is 36.8 Å². The Morgan fingerprint density at radius 1 is 1.45 bits per heavy atom. The predicted molar refractivity (Wildman–Crippen MR) is 84.9 cm³/mol. The second-order valence-electron chi connectivity index (χ2n) is 5.65. The van der Waals surface area contributed by atoms with Crippen LogP contribution >= 0.6 is 11.8 Å². The molecule has 0 atom stereocenters. The summed E-state index contributed by atoms with van der Waals surface area (Å²) in [5.41, 5.74) is 7.41. The van der Waals surface area contributed by atoms with E-state index in [1.54, 1.807) is 0 Å². The highest BCUT2D eigenvalue weighted by molar-refractivity contribution is 8.00. The number of nitrogens with two attached hydrogens (primary N) is 1. The molecule has 6 heteroatoms. The Kier molecular flexibility index (Phi) is 4.42. The first-order chi connectivity index (χ1) is 9.43. The minimum atomic E-state index is 0.115. The Morgan fingerprint density at radius 3 is 2.90 bits per heavy atom. The fourth-order valence-electron chi connectivity index (χ4n) is 2.27. The Balaban J connectivity index is 2.34. The van der Waals surface area contributed by atoms with Gasteiger partial charge in [-0.05, 0) is 25.5 Å². The van der Waals surface area contributed by atoms with Crippen LogP contribution in [0.1, 0.15) is 31.5 Å². The standard InChI is InChI=1S/C14H22N4OS/c1-10-4-5-11(12(15)17-19)13(16-10)18-7-6-14(2,3)20-9-8-18/h4-5,19H,6-9H2,1-3H3,(H2,15,17). The first-order valence-corrected chi connectivity index (χ1v) is 7.76. The van der Waals surface area contributed by atoms with Gasteiger partial charge in [-0.15, -0.1) is 0 Å². The quantitative estimate of drug-likeness (QED) is 0.378.